The Labute approximate surface area is 146 Å². The van der Waals surface area contributed by atoms with Crippen molar-refractivity contribution in [3.63, 3.8) is 0 Å². The van der Waals surface area contributed by atoms with Crippen molar-refractivity contribution in [3.8, 4) is 0 Å². The summed E-state index contributed by atoms with van der Waals surface area (Å²) in [6, 6.07) is 7.93. The Hall–Kier alpha value is -2.60. The number of nitrogens with zero attached hydrogens (tertiary/aromatic N) is 1. The van der Waals surface area contributed by atoms with Gasteiger partial charge in [0.1, 0.15) is 5.82 Å². The van der Waals surface area contributed by atoms with E-state index in [1.165, 1.54) is 6.21 Å². The van der Waals surface area contributed by atoms with Crippen LogP contribution in [0.4, 0.5) is 11.5 Å². The largest absolute Gasteiger partial charge is 0.398 e. The Balaban J connectivity index is 1.69. The number of anilines is 2. The van der Waals surface area contributed by atoms with Gasteiger partial charge < -0.3 is 27.3 Å². The first kappa shape index (κ1) is 15.9. The molecule has 4 unspecified atom stereocenters. The molecule has 2 aliphatic carbocycles. The first-order valence-corrected chi connectivity index (χ1v) is 8.66. The molecule has 2 bridgehead atoms. The maximum absolute atomic E-state index is 10.2. The van der Waals surface area contributed by atoms with Crippen LogP contribution in [0.2, 0.25) is 0 Å². The molecule has 0 aliphatic heterocycles. The monoisotopic (exact) mass is 337 g/mol. The quantitative estimate of drug-likeness (QED) is 0.548. The number of aliphatic hydroxyl groups excluding tert-OH is 1. The number of nitrogens with one attached hydrogen (secondary N) is 2. The Kier molecular flexibility index (Phi) is 3.84. The average Bonchev–Trinajstić information content (AvgIpc) is 3.13. The van der Waals surface area contributed by atoms with Gasteiger partial charge in [-0.1, -0.05) is 12.1 Å². The topological polar surface area (TPSA) is 121 Å². The van der Waals surface area contributed by atoms with Gasteiger partial charge in [0.05, 0.1) is 11.6 Å². The summed E-state index contributed by atoms with van der Waals surface area (Å²) in [6.07, 6.45) is 5.65. The molecule has 130 valence electrons. The molecule has 1 heterocycles. The fourth-order valence-electron chi connectivity index (χ4n) is 4.41. The van der Waals surface area contributed by atoms with Crippen LogP contribution in [0.3, 0.4) is 0 Å². The summed E-state index contributed by atoms with van der Waals surface area (Å²) in [6.45, 7) is 0. The summed E-state index contributed by atoms with van der Waals surface area (Å²) in [7, 11) is 0. The van der Waals surface area contributed by atoms with Gasteiger partial charge in [-0.05, 0) is 42.9 Å². The van der Waals surface area contributed by atoms with Crippen LogP contribution in [-0.4, -0.2) is 28.5 Å². The minimum atomic E-state index is -0.195. The third-order valence-corrected chi connectivity index (χ3v) is 5.55. The number of allylic oxidation sites excluding steroid dienone is 1. The fraction of sp³-hybridized carbons (Fsp3) is 0.368. The van der Waals surface area contributed by atoms with Gasteiger partial charge in [0.25, 0.3) is 0 Å². The minimum Gasteiger partial charge on any atom is -0.398 e. The average molecular weight is 337 g/mol. The van der Waals surface area contributed by atoms with Crippen molar-refractivity contribution in [3.05, 3.63) is 35.9 Å². The lowest BCUT2D eigenvalue weighted by Gasteiger charge is -2.28. The molecule has 2 saturated carbocycles. The molecule has 0 spiro atoms. The molecule has 25 heavy (non-hydrogen) atoms. The molecular formula is C19H23N5O. The molecule has 0 amide bonds. The van der Waals surface area contributed by atoms with Crippen molar-refractivity contribution in [2.45, 2.75) is 31.4 Å². The number of nitrogens with two attached hydrogens (primary N) is 2. The maximum Gasteiger partial charge on any atom is 0.126 e. The summed E-state index contributed by atoms with van der Waals surface area (Å²) in [5.41, 5.74) is 15.0. The van der Waals surface area contributed by atoms with Crippen LogP contribution < -0.4 is 16.8 Å². The Morgan fingerprint density at radius 3 is 2.84 bits per heavy atom. The first-order chi connectivity index (χ1) is 12.0. The van der Waals surface area contributed by atoms with Gasteiger partial charge in [-0.25, -0.2) is 4.98 Å². The van der Waals surface area contributed by atoms with Gasteiger partial charge in [-0.15, -0.1) is 0 Å². The molecule has 0 saturated heterocycles. The minimum absolute atomic E-state index is 0.195. The van der Waals surface area contributed by atoms with E-state index in [4.69, 9.17) is 16.9 Å². The lowest BCUT2D eigenvalue weighted by Crippen LogP contribution is -2.34. The number of aliphatic hydroxyl groups is 1. The van der Waals surface area contributed by atoms with Crippen LogP contribution in [0.1, 0.15) is 24.8 Å². The summed E-state index contributed by atoms with van der Waals surface area (Å²) >= 11 is 0. The fourth-order valence-corrected chi connectivity index (χ4v) is 4.41. The second-order valence-electron chi connectivity index (χ2n) is 7.17. The van der Waals surface area contributed by atoms with Crippen molar-refractivity contribution in [2.24, 2.45) is 17.6 Å². The zero-order valence-corrected chi connectivity index (χ0v) is 13.9. The van der Waals surface area contributed by atoms with Crippen molar-refractivity contribution >= 4 is 34.3 Å². The molecule has 2 aliphatic rings. The lowest BCUT2D eigenvalue weighted by atomic mass is 9.92. The van der Waals surface area contributed by atoms with Crippen molar-refractivity contribution in [1.82, 2.24) is 4.98 Å². The predicted octanol–water partition coefficient (Wildman–Crippen LogP) is 2.34. The molecule has 6 nitrogen and oxygen atoms in total. The van der Waals surface area contributed by atoms with Crippen LogP contribution in [-0.2, 0) is 0 Å². The van der Waals surface area contributed by atoms with Crippen LogP contribution >= 0.6 is 0 Å². The number of benzene rings is 1. The molecule has 1 aromatic carbocycles. The smallest absolute Gasteiger partial charge is 0.126 e. The molecule has 4 rings (SSSR count). The highest BCUT2D eigenvalue weighted by atomic mass is 16.3. The maximum atomic E-state index is 10.2. The van der Waals surface area contributed by atoms with E-state index in [0.29, 0.717) is 23.4 Å². The SMILES string of the molecule is N=C/C=C(\N)c1ccc2c(NC3CC4CC(O)C3C4)cc(N)nc2c1. The highest BCUT2D eigenvalue weighted by molar-refractivity contribution is 5.95. The second kappa shape index (κ2) is 6.04. The molecule has 2 fully saturated rings. The van der Waals surface area contributed by atoms with Crippen LogP contribution in [0, 0.1) is 17.2 Å². The van der Waals surface area contributed by atoms with Crippen LogP contribution in [0.25, 0.3) is 16.6 Å². The third kappa shape index (κ3) is 2.82. The Bertz CT molecular complexity index is 862. The molecule has 6 heteroatoms. The van der Waals surface area contributed by atoms with E-state index >= 15 is 0 Å². The number of aromatic nitrogens is 1. The van der Waals surface area contributed by atoms with E-state index in [2.05, 4.69) is 10.3 Å². The number of fused-ring (bicyclic) bond motifs is 3. The molecule has 7 N–H and O–H groups in total. The van der Waals surface area contributed by atoms with Crippen LogP contribution in [0.15, 0.2) is 30.3 Å². The summed E-state index contributed by atoms with van der Waals surface area (Å²) in [5, 5.41) is 21.9. The molecule has 2 aromatic rings. The van der Waals surface area contributed by atoms with E-state index in [1.54, 1.807) is 6.08 Å². The standard InChI is InChI=1S/C19H23N5O/c20-4-3-14(21)11-1-2-12-16(8-11)24-19(22)9-17(12)23-15-6-10-5-13(15)18(25)7-10/h1-4,8-10,13,15,18,20,25H,5-7,21H2,(H3,22,23,24)/b14-3-,20-4?. The van der Waals surface area contributed by atoms with E-state index in [1.807, 2.05) is 24.3 Å². The second-order valence-corrected chi connectivity index (χ2v) is 7.17. The predicted molar refractivity (Wildman–Crippen MR) is 101 cm³/mol. The van der Waals surface area contributed by atoms with Gasteiger partial charge in [-0.3, -0.25) is 0 Å². The molecule has 1 aromatic heterocycles. The van der Waals surface area contributed by atoms with Crippen LogP contribution in [0.5, 0.6) is 0 Å². The highest BCUT2D eigenvalue weighted by Gasteiger charge is 2.45. The van der Waals surface area contributed by atoms with E-state index < -0.39 is 0 Å². The van der Waals surface area contributed by atoms with Crippen molar-refractivity contribution in [2.75, 3.05) is 11.1 Å². The first-order valence-electron chi connectivity index (χ1n) is 8.66. The van der Waals surface area contributed by atoms with Gasteiger partial charge in [0.15, 0.2) is 0 Å². The van der Waals surface area contributed by atoms with Crippen molar-refractivity contribution < 1.29 is 5.11 Å². The summed E-state index contributed by atoms with van der Waals surface area (Å²) in [4.78, 5) is 4.43. The van der Waals surface area contributed by atoms with E-state index in [9.17, 15) is 5.11 Å². The zero-order valence-electron chi connectivity index (χ0n) is 13.9. The number of hydrogen-bond acceptors (Lipinski definition) is 6. The molecular weight excluding hydrogens is 314 g/mol. The number of pyridine rings is 1. The molecule has 0 radical (unpaired) electrons. The summed E-state index contributed by atoms with van der Waals surface area (Å²) < 4.78 is 0. The summed E-state index contributed by atoms with van der Waals surface area (Å²) in [5.74, 6) is 1.39. The normalized spacial score (nSPS) is 28.4. The Morgan fingerprint density at radius 2 is 2.12 bits per heavy atom. The zero-order chi connectivity index (χ0) is 17.6. The van der Waals surface area contributed by atoms with Gasteiger partial charge in [-0.2, -0.15) is 0 Å². The number of rotatable bonds is 4. The Morgan fingerprint density at radius 1 is 1.28 bits per heavy atom. The van der Waals surface area contributed by atoms with E-state index in [-0.39, 0.29) is 12.1 Å². The van der Waals surface area contributed by atoms with Gasteiger partial charge >= 0.3 is 0 Å². The lowest BCUT2D eigenvalue weighted by molar-refractivity contribution is 0.107. The number of hydrogen-bond donors (Lipinski definition) is 5. The number of nitrogen functional groups attached to an aromatic ring is 1. The molecule has 4 atom stereocenters. The highest BCUT2D eigenvalue weighted by Crippen LogP contribution is 2.46. The van der Waals surface area contributed by atoms with Crippen molar-refractivity contribution in [1.29, 1.82) is 5.41 Å². The van der Waals surface area contributed by atoms with Gasteiger partial charge in [0, 0.05) is 41.0 Å². The van der Waals surface area contributed by atoms with E-state index in [0.717, 1.165) is 41.4 Å². The third-order valence-electron chi connectivity index (χ3n) is 5.55. The van der Waals surface area contributed by atoms with Gasteiger partial charge in [0.2, 0.25) is 0 Å².